The highest BCUT2D eigenvalue weighted by Gasteiger charge is 2.22. The van der Waals surface area contributed by atoms with Crippen molar-refractivity contribution >= 4 is 23.3 Å². The molecule has 2 N–H and O–H groups in total. The Balaban J connectivity index is 1.62. The maximum absolute atomic E-state index is 12.3. The van der Waals surface area contributed by atoms with Gasteiger partial charge in [0.05, 0.1) is 5.69 Å². The average molecular weight is 333 g/mol. The van der Waals surface area contributed by atoms with Gasteiger partial charge in [-0.25, -0.2) is 0 Å². The van der Waals surface area contributed by atoms with Crippen LogP contribution in [0.5, 0.6) is 5.75 Å². The van der Waals surface area contributed by atoms with E-state index in [4.69, 9.17) is 22.1 Å². The van der Waals surface area contributed by atoms with Crippen molar-refractivity contribution in [1.82, 2.24) is 15.1 Å². The molecule has 1 aliphatic heterocycles. The third kappa shape index (κ3) is 3.53. The van der Waals surface area contributed by atoms with Gasteiger partial charge in [0.2, 0.25) is 0 Å². The average Bonchev–Trinajstić information content (AvgIpc) is 2.55. The van der Waals surface area contributed by atoms with Crippen molar-refractivity contribution in [2.45, 2.75) is 19.9 Å². The molecule has 1 aliphatic rings. The molecule has 1 amide bonds. The van der Waals surface area contributed by atoms with Gasteiger partial charge in [-0.3, -0.25) is 4.79 Å². The number of ether oxygens (including phenoxy) is 1. The van der Waals surface area contributed by atoms with E-state index >= 15 is 0 Å². The van der Waals surface area contributed by atoms with E-state index in [1.54, 1.807) is 23.1 Å². The number of nitrogens with zero attached hydrogens (tertiary/aromatic N) is 3. The highest BCUT2D eigenvalue weighted by Crippen LogP contribution is 2.22. The van der Waals surface area contributed by atoms with E-state index in [0.717, 1.165) is 16.8 Å². The van der Waals surface area contributed by atoms with Crippen LogP contribution >= 0.6 is 11.6 Å². The third-order valence-electron chi connectivity index (χ3n) is 3.80. The molecule has 0 radical (unpaired) electrons. The summed E-state index contributed by atoms with van der Waals surface area (Å²) < 4.78 is 5.57. The Labute approximate surface area is 139 Å². The fourth-order valence-electron chi connectivity index (χ4n) is 2.50. The van der Waals surface area contributed by atoms with Gasteiger partial charge in [-0.1, -0.05) is 11.6 Å². The van der Waals surface area contributed by atoms with Crippen LogP contribution in [-0.4, -0.2) is 34.2 Å². The molecular formula is C16H17ClN4O2. The Morgan fingerprint density at radius 3 is 3.00 bits per heavy atom. The first kappa shape index (κ1) is 15.6. The van der Waals surface area contributed by atoms with E-state index in [9.17, 15) is 4.79 Å². The van der Waals surface area contributed by atoms with Crippen LogP contribution in [0.2, 0.25) is 5.02 Å². The molecule has 2 aromatic rings. The highest BCUT2D eigenvalue weighted by atomic mass is 35.5. The van der Waals surface area contributed by atoms with Gasteiger partial charge < -0.3 is 15.4 Å². The fourth-order valence-corrected chi connectivity index (χ4v) is 2.62. The molecule has 120 valence electrons. The number of hydrogen-bond acceptors (Lipinski definition) is 5. The number of carbonyl (C=O) groups excluding carboxylic acids is 1. The van der Waals surface area contributed by atoms with Crippen LogP contribution < -0.4 is 10.5 Å². The molecule has 0 saturated carbocycles. The van der Waals surface area contributed by atoms with Crippen LogP contribution in [0.1, 0.15) is 16.8 Å². The van der Waals surface area contributed by atoms with E-state index in [1.807, 2.05) is 13.0 Å². The van der Waals surface area contributed by atoms with Crippen LogP contribution in [0.15, 0.2) is 24.3 Å². The SMILES string of the molecule is Cc1cc(OCC(=O)N2CCc3nnc(N)cc3C2)ccc1Cl. The van der Waals surface area contributed by atoms with Crippen molar-refractivity contribution in [3.05, 3.63) is 46.1 Å². The smallest absolute Gasteiger partial charge is 0.260 e. The zero-order valence-corrected chi connectivity index (χ0v) is 13.5. The topological polar surface area (TPSA) is 81.3 Å². The predicted octanol–water partition coefficient (Wildman–Crippen LogP) is 1.98. The molecule has 0 atom stereocenters. The van der Waals surface area contributed by atoms with Gasteiger partial charge in [0.15, 0.2) is 6.61 Å². The molecule has 0 spiro atoms. The van der Waals surface area contributed by atoms with Gasteiger partial charge in [0.1, 0.15) is 11.6 Å². The predicted molar refractivity (Wildman–Crippen MR) is 87.2 cm³/mol. The Morgan fingerprint density at radius 1 is 1.39 bits per heavy atom. The van der Waals surface area contributed by atoms with Crippen molar-refractivity contribution in [3.63, 3.8) is 0 Å². The number of halogens is 1. The summed E-state index contributed by atoms with van der Waals surface area (Å²) in [6, 6.07) is 7.10. The van der Waals surface area contributed by atoms with Gasteiger partial charge in [-0.2, -0.15) is 5.10 Å². The molecule has 0 bridgehead atoms. The number of amides is 1. The summed E-state index contributed by atoms with van der Waals surface area (Å²) in [6.07, 6.45) is 0.675. The molecular weight excluding hydrogens is 316 g/mol. The van der Waals surface area contributed by atoms with Gasteiger partial charge >= 0.3 is 0 Å². The second-order valence-electron chi connectivity index (χ2n) is 5.51. The zero-order valence-electron chi connectivity index (χ0n) is 12.8. The molecule has 0 aliphatic carbocycles. The normalized spacial score (nSPS) is 13.6. The largest absolute Gasteiger partial charge is 0.484 e. The molecule has 7 heteroatoms. The minimum atomic E-state index is -0.0707. The Bertz CT molecular complexity index is 751. The van der Waals surface area contributed by atoms with Gasteiger partial charge in [0, 0.05) is 24.5 Å². The van der Waals surface area contributed by atoms with Gasteiger partial charge in [0.25, 0.3) is 5.91 Å². The van der Waals surface area contributed by atoms with Gasteiger partial charge in [-0.15, -0.1) is 5.10 Å². The molecule has 2 heterocycles. The van der Waals surface area contributed by atoms with Crippen LogP contribution in [-0.2, 0) is 17.8 Å². The molecule has 0 unspecified atom stereocenters. The molecule has 23 heavy (non-hydrogen) atoms. The zero-order chi connectivity index (χ0) is 16.4. The number of nitrogens with two attached hydrogens (primary N) is 1. The standard InChI is InChI=1S/C16H17ClN4O2/c1-10-6-12(2-3-13(10)17)23-9-16(22)21-5-4-14-11(8-21)7-15(18)20-19-14/h2-3,6-7H,4-5,8-9H2,1H3,(H2,18,20). The van der Waals surface area contributed by atoms with E-state index in [0.29, 0.717) is 36.1 Å². The van der Waals surface area contributed by atoms with E-state index in [1.165, 1.54) is 0 Å². The third-order valence-corrected chi connectivity index (χ3v) is 4.23. The van der Waals surface area contributed by atoms with E-state index in [2.05, 4.69) is 10.2 Å². The van der Waals surface area contributed by atoms with Crippen molar-refractivity contribution in [3.8, 4) is 5.75 Å². The Hall–Kier alpha value is -2.34. The number of nitrogen functional groups attached to an aromatic ring is 1. The van der Waals surface area contributed by atoms with Crippen LogP contribution in [0.25, 0.3) is 0 Å². The molecule has 0 saturated heterocycles. The molecule has 0 fully saturated rings. The van der Waals surface area contributed by atoms with Gasteiger partial charge in [-0.05, 0) is 42.3 Å². The second-order valence-corrected chi connectivity index (χ2v) is 5.91. The first-order valence-electron chi connectivity index (χ1n) is 7.30. The van der Waals surface area contributed by atoms with Crippen LogP contribution in [0.3, 0.4) is 0 Å². The number of aromatic nitrogens is 2. The van der Waals surface area contributed by atoms with Crippen molar-refractivity contribution < 1.29 is 9.53 Å². The fraction of sp³-hybridized carbons (Fsp3) is 0.312. The molecule has 1 aromatic heterocycles. The number of benzene rings is 1. The summed E-state index contributed by atoms with van der Waals surface area (Å²) in [5.74, 6) is 0.928. The van der Waals surface area contributed by atoms with E-state index in [-0.39, 0.29) is 12.5 Å². The number of aryl methyl sites for hydroxylation is 1. The number of fused-ring (bicyclic) bond motifs is 1. The molecule has 6 nitrogen and oxygen atoms in total. The number of anilines is 1. The summed E-state index contributed by atoms with van der Waals surface area (Å²) in [6.45, 7) is 2.97. The van der Waals surface area contributed by atoms with Crippen LogP contribution in [0, 0.1) is 6.92 Å². The minimum Gasteiger partial charge on any atom is -0.484 e. The van der Waals surface area contributed by atoms with Crippen molar-refractivity contribution in [2.24, 2.45) is 0 Å². The minimum absolute atomic E-state index is 0.00952. The number of carbonyl (C=O) groups is 1. The summed E-state index contributed by atoms with van der Waals surface area (Å²) in [7, 11) is 0. The summed E-state index contributed by atoms with van der Waals surface area (Å²) >= 11 is 5.97. The molecule has 3 rings (SSSR count). The van der Waals surface area contributed by atoms with E-state index < -0.39 is 0 Å². The van der Waals surface area contributed by atoms with Crippen molar-refractivity contribution in [1.29, 1.82) is 0 Å². The second kappa shape index (κ2) is 6.42. The maximum Gasteiger partial charge on any atom is 0.260 e. The lowest BCUT2D eigenvalue weighted by atomic mass is 10.1. The lowest BCUT2D eigenvalue weighted by molar-refractivity contribution is -0.134. The maximum atomic E-state index is 12.3. The monoisotopic (exact) mass is 332 g/mol. The van der Waals surface area contributed by atoms with Crippen LogP contribution in [0.4, 0.5) is 5.82 Å². The summed E-state index contributed by atoms with van der Waals surface area (Å²) in [4.78, 5) is 14.1. The first-order chi connectivity index (χ1) is 11.0. The number of rotatable bonds is 3. The Kier molecular flexibility index (Phi) is 4.34. The first-order valence-corrected chi connectivity index (χ1v) is 7.68. The summed E-state index contributed by atoms with van der Waals surface area (Å²) in [5.41, 5.74) is 8.41. The lowest BCUT2D eigenvalue weighted by Crippen LogP contribution is -2.39. The Morgan fingerprint density at radius 2 is 2.22 bits per heavy atom. The lowest BCUT2D eigenvalue weighted by Gasteiger charge is -2.28. The van der Waals surface area contributed by atoms with Crippen molar-refractivity contribution in [2.75, 3.05) is 18.9 Å². The highest BCUT2D eigenvalue weighted by molar-refractivity contribution is 6.31. The summed E-state index contributed by atoms with van der Waals surface area (Å²) in [5, 5.41) is 8.59. The number of hydrogen-bond donors (Lipinski definition) is 1. The molecule has 1 aromatic carbocycles. The quantitative estimate of drug-likeness (QED) is 0.929.